The number of nitrogen functional groups attached to an aromatic ring is 1. The second kappa shape index (κ2) is 5.94. The lowest BCUT2D eigenvalue weighted by molar-refractivity contribution is -0.127. The maximum absolute atomic E-state index is 11.8. The number of carbonyl (C=O) groups is 2. The number of rotatable bonds is 4. The van der Waals surface area contributed by atoms with Crippen molar-refractivity contribution in [2.75, 3.05) is 12.3 Å². The quantitative estimate of drug-likeness (QED) is 0.729. The second-order valence-electron chi connectivity index (χ2n) is 5.82. The Balaban J connectivity index is 2.48. The van der Waals surface area contributed by atoms with E-state index in [4.69, 9.17) is 5.73 Å². The highest BCUT2D eigenvalue weighted by Crippen LogP contribution is 2.14. The molecule has 1 aromatic rings. The second-order valence-corrected chi connectivity index (χ2v) is 5.82. The number of carbonyl (C=O) groups excluding carboxylic acids is 2. The third-order valence-electron chi connectivity index (χ3n) is 2.69. The molecule has 112 valence electrons. The average molecular weight is 281 g/mol. The van der Waals surface area contributed by atoms with E-state index < -0.39 is 0 Å². The summed E-state index contributed by atoms with van der Waals surface area (Å²) < 4.78 is 1.53. The van der Waals surface area contributed by atoms with Crippen molar-refractivity contribution in [2.24, 2.45) is 0 Å². The largest absolute Gasteiger partial charge is 0.396 e. The van der Waals surface area contributed by atoms with Crippen LogP contribution in [0, 0.1) is 13.8 Å². The molecule has 0 aromatic carbocycles. The highest BCUT2D eigenvalue weighted by molar-refractivity contribution is 5.84. The zero-order valence-electron chi connectivity index (χ0n) is 12.7. The summed E-state index contributed by atoms with van der Waals surface area (Å²) in [6, 6.07) is 0. The lowest BCUT2D eigenvalue weighted by atomic mass is 10.1. The van der Waals surface area contributed by atoms with Crippen LogP contribution in [-0.4, -0.2) is 33.7 Å². The molecule has 1 aromatic heterocycles. The molecule has 7 nitrogen and oxygen atoms in total. The maximum Gasteiger partial charge on any atom is 0.242 e. The average Bonchev–Trinajstić information content (AvgIpc) is 2.52. The van der Waals surface area contributed by atoms with Gasteiger partial charge in [0.05, 0.1) is 23.6 Å². The number of aryl methyl sites for hydroxylation is 1. The van der Waals surface area contributed by atoms with Gasteiger partial charge in [0.2, 0.25) is 11.8 Å². The molecule has 0 radical (unpaired) electrons. The molecule has 0 bridgehead atoms. The first-order valence-electron chi connectivity index (χ1n) is 6.47. The number of nitrogens with two attached hydrogens (primary N) is 1. The fraction of sp³-hybridized carbons (Fsp3) is 0.615. The third kappa shape index (κ3) is 4.56. The van der Waals surface area contributed by atoms with Gasteiger partial charge in [-0.3, -0.25) is 14.3 Å². The van der Waals surface area contributed by atoms with Crippen LogP contribution in [0.4, 0.5) is 5.69 Å². The van der Waals surface area contributed by atoms with E-state index in [0.717, 1.165) is 5.69 Å². The summed E-state index contributed by atoms with van der Waals surface area (Å²) in [7, 11) is 0. The first-order valence-corrected chi connectivity index (χ1v) is 6.47. The van der Waals surface area contributed by atoms with E-state index in [1.807, 2.05) is 20.8 Å². The summed E-state index contributed by atoms with van der Waals surface area (Å²) in [4.78, 5) is 23.3. The van der Waals surface area contributed by atoms with Crippen molar-refractivity contribution in [2.45, 2.75) is 46.7 Å². The molecular weight excluding hydrogens is 258 g/mol. The van der Waals surface area contributed by atoms with E-state index >= 15 is 0 Å². The smallest absolute Gasteiger partial charge is 0.242 e. The lowest BCUT2D eigenvalue weighted by Gasteiger charge is -2.20. The Morgan fingerprint density at radius 2 is 1.85 bits per heavy atom. The van der Waals surface area contributed by atoms with Crippen molar-refractivity contribution in [3.8, 4) is 0 Å². The van der Waals surface area contributed by atoms with Crippen LogP contribution < -0.4 is 16.4 Å². The summed E-state index contributed by atoms with van der Waals surface area (Å²) in [6.07, 6.45) is 0. The highest BCUT2D eigenvalue weighted by atomic mass is 16.2. The van der Waals surface area contributed by atoms with Crippen molar-refractivity contribution >= 4 is 17.5 Å². The maximum atomic E-state index is 11.8. The van der Waals surface area contributed by atoms with Crippen molar-refractivity contribution in [3.63, 3.8) is 0 Å². The van der Waals surface area contributed by atoms with Crippen LogP contribution in [0.25, 0.3) is 0 Å². The molecule has 7 heteroatoms. The molecule has 1 heterocycles. The molecule has 0 fully saturated rings. The topological polar surface area (TPSA) is 102 Å². The minimum Gasteiger partial charge on any atom is -0.396 e. The summed E-state index contributed by atoms with van der Waals surface area (Å²) in [5.74, 6) is -0.501. The first kappa shape index (κ1) is 16.0. The third-order valence-corrected chi connectivity index (χ3v) is 2.69. The monoisotopic (exact) mass is 281 g/mol. The minimum absolute atomic E-state index is 0.0483. The molecule has 0 saturated heterocycles. The van der Waals surface area contributed by atoms with Crippen LogP contribution in [0.3, 0.4) is 0 Å². The molecule has 20 heavy (non-hydrogen) atoms. The van der Waals surface area contributed by atoms with Crippen molar-refractivity contribution in [3.05, 3.63) is 11.4 Å². The van der Waals surface area contributed by atoms with Gasteiger partial charge < -0.3 is 16.4 Å². The van der Waals surface area contributed by atoms with Crippen LogP contribution >= 0.6 is 0 Å². The minimum atomic E-state index is -0.314. The Kier molecular flexibility index (Phi) is 4.75. The van der Waals surface area contributed by atoms with Gasteiger partial charge in [0.1, 0.15) is 6.54 Å². The molecule has 2 amide bonds. The standard InChI is InChI=1S/C13H23N5O2/c1-8-12(14)9(2)18(17-8)7-11(20)15-6-10(19)16-13(3,4)5/h6-7,14H2,1-5H3,(H,15,20)(H,16,19). The predicted octanol–water partition coefficient (Wildman–Crippen LogP) is 0.113. The van der Waals surface area contributed by atoms with Gasteiger partial charge in [-0.1, -0.05) is 0 Å². The molecular formula is C13H23N5O2. The van der Waals surface area contributed by atoms with E-state index in [2.05, 4.69) is 15.7 Å². The zero-order valence-corrected chi connectivity index (χ0v) is 12.7. The zero-order chi connectivity index (χ0) is 15.5. The van der Waals surface area contributed by atoms with Crippen molar-refractivity contribution in [1.82, 2.24) is 20.4 Å². The number of nitrogens with zero attached hydrogens (tertiary/aromatic N) is 2. The Labute approximate surface area is 118 Å². The molecule has 0 saturated carbocycles. The number of amides is 2. The Hall–Kier alpha value is -2.05. The van der Waals surface area contributed by atoms with Gasteiger partial charge in [-0.05, 0) is 34.6 Å². The van der Waals surface area contributed by atoms with Crippen LogP contribution in [0.15, 0.2) is 0 Å². The Morgan fingerprint density at radius 3 is 2.30 bits per heavy atom. The van der Waals surface area contributed by atoms with Crippen molar-refractivity contribution in [1.29, 1.82) is 0 Å². The number of nitrogens with one attached hydrogen (secondary N) is 2. The van der Waals surface area contributed by atoms with Gasteiger partial charge in [0.15, 0.2) is 0 Å². The molecule has 0 atom stereocenters. The van der Waals surface area contributed by atoms with E-state index in [9.17, 15) is 9.59 Å². The molecule has 4 N–H and O–H groups in total. The van der Waals surface area contributed by atoms with E-state index in [1.165, 1.54) is 4.68 Å². The van der Waals surface area contributed by atoms with Gasteiger partial charge in [0.25, 0.3) is 0 Å². The van der Waals surface area contributed by atoms with Crippen LogP contribution in [-0.2, 0) is 16.1 Å². The number of hydrogen-bond acceptors (Lipinski definition) is 4. The van der Waals surface area contributed by atoms with Crippen molar-refractivity contribution < 1.29 is 9.59 Å². The fourth-order valence-electron chi connectivity index (χ4n) is 1.70. The molecule has 0 aliphatic heterocycles. The SMILES string of the molecule is Cc1nn(CC(=O)NCC(=O)NC(C)(C)C)c(C)c1N. The van der Waals surface area contributed by atoms with Gasteiger partial charge in [-0.2, -0.15) is 5.10 Å². The van der Waals surface area contributed by atoms with Gasteiger partial charge in [-0.25, -0.2) is 0 Å². The summed E-state index contributed by atoms with van der Waals surface area (Å²) in [6.45, 7) is 9.22. The summed E-state index contributed by atoms with van der Waals surface area (Å²) >= 11 is 0. The van der Waals surface area contributed by atoms with E-state index in [-0.39, 0.29) is 30.4 Å². The normalized spacial score (nSPS) is 11.2. The highest BCUT2D eigenvalue weighted by Gasteiger charge is 2.15. The first-order chi connectivity index (χ1) is 9.10. The molecule has 0 spiro atoms. The number of hydrogen-bond donors (Lipinski definition) is 3. The van der Waals surface area contributed by atoms with Gasteiger partial charge in [-0.15, -0.1) is 0 Å². The van der Waals surface area contributed by atoms with Gasteiger partial charge >= 0.3 is 0 Å². The van der Waals surface area contributed by atoms with Crippen LogP contribution in [0.5, 0.6) is 0 Å². The molecule has 0 aliphatic carbocycles. The van der Waals surface area contributed by atoms with Gasteiger partial charge in [0, 0.05) is 5.54 Å². The Bertz CT molecular complexity index is 514. The molecule has 1 rings (SSSR count). The van der Waals surface area contributed by atoms with Crippen LogP contribution in [0.2, 0.25) is 0 Å². The Morgan fingerprint density at radius 1 is 1.25 bits per heavy atom. The lowest BCUT2D eigenvalue weighted by Crippen LogP contribution is -2.46. The van der Waals surface area contributed by atoms with Crippen LogP contribution in [0.1, 0.15) is 32.2 Å². The summed E-state index contributed by atoms with van der Waals surface area (Å²) in [5, 5.41) is 9.49. The summed E-state index contributed by atoms with van der Waals surface area (Å²) in [5.41, 5.74) is 7.51. The molecule has 0 aliphatic rings. The van der Waals surface area contributed by atoms with E-state index in [0.29, 0.717) is 11.4 Å². The number of aromatic nitrogens is 2. The number of anilines is 1. The van der Waals surface area contributed by atoms with E-state index in [1.54, 1.807) is 13.8 Å². The predicted molar refractivity (Wildman–Crippen MR) is 77.0 cm³/mol. The fourth-order valence-corrected chi connectivity index (χ4v) is 1.70. The molecule has 0 unspecified atom stereocenters.